The fourth-order valence-electron chi connectivity index (χ4n) is 4.48. The van der Waals surface area contributed by atoms with Crippen LogP contribution in [0.1, 0.15) is 30.9 Å². The molecule has 3 aliphatic heterocycles. The number of fused-ring (bicyclic) bond motifs is 4. The molecule has 24 heavy (non-hydrogen) atoms. The molecule has 3 aliphatic rings. The van der Waals surface area contributed by atoms with Crippen molar-refractivity contribution in [3.8, 4) is 5.75 Å². The fraction of sp³-hybridized carbons (Fsp3) is 0.450. The predicted molar refractivity (Wildman–Crippen MR) is 95.1 cm³/mol. The van der Waals surface area contributed by atoms with Gasteiger partial charge in [-0.25, -0.2) is 0 Å². The van der Waals surface area contributed by atoms with Crippen LogP contribution in [0.4, 0.5) is 0 Å². The van der Waals surface area contributed by atoms with Crippen LogP contribution < -0.4 is 4.74 Å². The van der Waals surface area contributed by atoms with Gasteiger partial charge in [0.15, 0.2) is 0 Å². The van der Waals surface area contributed by atoms with Crippen molar-refractivity contribution < 1.29 is 9.84 Å². The molecule has 1 aromatic carbocycles. The van der Waals surface area contributed by atoms with Gasteiger partial charge in [-0.05, 0) is 61.6 Å². The number of benzene rings is 1. The zero-order valence-electron chi connectivity index (χ0n) is 14.1. The molecule has 1 N–H and O–H groups in total. The first-order chi connectivity index (χ1) is 11.7. The number of rotatable bonds is 4. The van der Waals surface area contributed by atoms with Crippen LogP contribution in [0.2, 0.25) is 0 Å². The van der Waals surface area contributed by atoms with Crippen LogP contribution >= 0.6 is 0 Å². The van der Waals surface area contributed by atoms with Crippen LogP contribution in [0.3, 0.4) is 0 Å². The van der Waals surface area contributed by atoms with Gasteiger partial charge in [-0.15, -0.1) is 6.58 Å². The van der Waals surface area contributed by atoms with Crippen molar-refractivity contribution in [3.05, 3.63) is 48.7 Å². The minimum absolute atomic E-state index is 0.150. The molecule has 2 bridgehead atoms. The van der Waals surface area contributed by atoms with Crippen molar-refractivity contribution in [2.45, 2.75) is 37.5 Å². The number of aliphatic hydroxyl groups excluding tert-OH is 1. The summed E-state index contributed by atoms with van der Waals surface area (Å²) in [5.74, 6) is 1.48. The maximum atomic E-state index is 11.2. The Morgan fingerprint density at radius 2 is 2.25 bits per heavy atom. The molecule has 0 saturated carbocycles. The van der Waals surface area contributed by atoms with E-state index in [1.165, 1.54) is 12.8 Å². The molecule has 2 aromatic rings. The first-order valence-electron chi connectivity index (χ1n) is 8.70. The molecular weight excluding hydrogens is 300 g/mol. The first kappa shape index (κ1) is 15.6. The summed E-state index contributed by atoms with van der Waals surface area (Å²) in [6.45, 7) is 5.04. The summed E-state index contributed by atoms with van der Waals surface area (Å²) < 4.78 is 5.35. The Hall–Kier alpha value is -1.91. The third-order valence-corrected chi connectivity index (χ3v) is 5.73. The monoisotopic (exact) mass is 324 g/mol. The standard InChI is InChI=1S/C20H24N2O2/c1-3-14-10-13-7-9-22(14)19(11-13)20(23)16-6-8-21-18-5-4-15(24-2)12-17(16)18/h3-6,8,12-14,19-20,23H,1,7,9-11H2,2H3/t13-,14+,19-,20-/m1/s1. The van der Waals surface area contributed by atoms with Crippen molar-refractivity contribution >= 4 is 10.9 Å². The number of pyridine rings is 1. The highest BCUT2D eigenvalue weighted by Gasteiger charge is 2.42. The second-order valence-corrected chi connectivity index (χ2v) is 6.96. The molecular formula is C20H24N2O2. The number of aromatic nitrogens is 1. The van der Waals surface area contributed by atoms with E-state index < -0.39 is 6.10 Å². The van der Waals surface area contributed by atoms with E-state index in [1.807, 2.05) is 30.3 Å². The SMILES string of the molecule is C=C[C@H]1C[C@H]2CCN1[C@@H]([C@H](O)c1ccnc3ccc(OC)cc13)C2. The lowest BCUT2D eigenvalue weighted by atomic mass is 9.76. The number of hydrogen-bond acceptors (Lipinski definition) is 4. The Bertz CT molecular complexity index is 760. The predicted octanol–water partition coefficient (Wildman–Crippen LogP) is 3.32. The third-order valence-electron chi connectivity index (χ3n) is 5.73. The van der Waals surface area contributed by atoms with Gasteiger partial charge in [-0.2, -0.15) is 0 Å². The minimum Gasteiger partial charge on any atom is -0.497 e. The molecule has 0 aliphatic carbocycles. The maximum absolute atomic E-state index is 11.2. The first-order valence-corrected chi connectivity index (χ1v) is 8.70. The second-order valence-electron chi connectivity index (χ2n) is 6.96. The van der Waals surface area contributed by atoms with Gasteiger partial charge in [0.05, 0.1) is 18.7 Å². The van der Waals surface area contributed by atoms with Crippen molar-refractivity contribution in [3.63, 3.8) is 0 Å². The second kappa shape index (κ2) is 6.19. The number of aliphatic hydroxyl groups is 1. The summed E-state index contributed by atoms with van der Waals surface area (Å²) in [6, 6.07) is 8.31. The summed E-state index contributed by atoms with van der Waals surface area (Å²) in [5, 5.41) is 12.2. The van der Waals surface area contributed by atoms with Gasteiger partial charge in [-0.1, -0.05) is 6.08 Å². The molecule has 0 radical (unpaired) electrons. The van der Waals surface area contributed by atoms with E-state index in [4.69, 9.17) is 4.74 Å². The van der Waals surface area contributed by atoms with Gasteiger partial charge in [0, 0.05) is 23.7 Å². The molecule has 0 amide bonds. The molecule has 0 spiro atoms. The number of ether oxygens (including phenoxy) is 1. The van der Waals surface area contributed by atoms with Gasteiger partial charge in [-0.3, -0.25) is 9.88 Å². The highest BCUT2D eigenvalue weighted by atomic mass is 16.5. The number of piperidine rings is 3. The summed E-state index contributed by atoms with van der Waals surface area (Å²) >= 11 is 0. The van der Waals surface area contributed by atoms with Crippen LogP contribution in [0.5, 0.6) is 5.75 Å². The minimum atomic E-state index is -0.520. The van der Waals surface area contributed by atoms with Crippen LogP contribution in [0.25, 0.3) is 10.9 Å². The van der Waals surface area contributed by atoms with E-state index in [0.717, 1.165) is 35.2 Å². The van der Waals surface area contributed by atoms with E-state index in [2.05, 4.69) is 16.5 Å². The van der Waals surface area contributed by atoms with E-state index in [9.17, 15) is 5.11 Å². The summed E-state index contributed by atoms with van der Waals surface area (Å²) in [7, 11) is 1.66. The van der Waals surface area contributed by atoms with Crippen LogP contribution in [0.15, 0.2) is 43.1 Å². The average molecular weight is 324 g/mol. The molecule has 5 rings (SSSR count). The van der Waals surface area contributed by atoms with Gasteiger partial charge >= 0.3 is 0 Å². The van der Waals surface area contributed by atoms with E-state index in [-0.39, 0.29) is 6.04 Å². The Morgan fingerprint density at radius 1 is 1.38 bits per heavy atom. The van der Waals surface area contributed by atoms with Crippen molar-refractivity contribution in [1.82, 2.24) is 9.88 Å². The van der Waals surface area contributed by atoms with Crippen LogP contribution in [0, 0.1) is 5.92 Å². The van der Waals surface area contributed by atoms with E-state index in [0.29, 0.717) is 12.0 Å². The molecule has 3 saturated heterocycles. The maximum Gasteiger partial charge on any atom is 0.119 e. The van der Waals surface area contributed by atoms with Gasteiger partial charge in [0.1, 0.15) is 5.75 Å². The molecule has 1 aromatic heterocycles. The van der Waals surface area contributed by atoms with Crippen LogP contribution in [-0.4, -0.2) is 40.7 Å². The van der Waals surface area contributed by atoms with Crippen molar-refractivity contribution in [1.29, 1.82) is 0 Å². The van der Waals surface area contributed by atoms with Crippen molar-refractivity contribution in [2.75, 3.05) is 13.7 Å². The number of methoxy groups -OCH3 is 1. The Morgan fingerprint density at radius 3 is 3.00 bits per heavy atom. The third kappa shape index (κ3) is 2.50. The number of hydrogen-bond donors (Lipinski definition) is 1. The lowest BCUT2D eigenvalue weighted by Gasteiger charge is -2.51. The number of nitrogens with zero attached hydrogens (tertiary/aromatic N) is 2. The molecule has 1 unspecified atom stereocenters. The topological polar surface area (TPSA) is 45.6 Å². The van der Waals surface area contributed by atoms with E-state index >= 15 is 0 Å². The molecule has 4 nitrogen and oxygen atoms in total. The fourth-order valence-corrected chi connectivity index (χ4v) is 4.48. The van der Waals surface area contributed by atoms with Gasteiger partial charge < -0.3 is 9.84 Å². The lowest BCUT2D eigenvalue weighted by molar-refractivity contribution is -0.0473. The van der Waals surface area contributed by atoms with Gasteiger partial charge in [0.2, 0.25) is 0 Å². The summed E-state index contributed by atoms with van der Waals surface area (Å²) in [4.78, 5) is 6.86. The molecule has 126 valence electrons. The summed E-state index contributed by atoms with van der Waals surface area (Å²) in [6.07, 6.45) is 6.77. The largest absolute Gasteiger partial charge is 0.497 e. The zero-order chi connectivity index (χ0) is 16.7. The van der Waals surface area contributed by atoms with Gasteiger partial charge in [0.25, 0.3) is 0 Å². The Balaban J connectivity index is 1.73. The highest BCUT2D eigenvalue weighted by Crippen LogP contribution is 2.42. The molecule has 4 heterocycles. The zero-order valence-corrected chi connectivity index (χ0v) is 14.1. The van der Waals surface area contributed by atoms with Crippen molar-refractivity contribution in [2.24, 2.45) is 5.92 Å². The normalized spacial score (nSPS) is 30.2. The molecule has 3 fully saturated rings. The lowest BCUT2D eigenvalue weighted by Crippen LogP contribution is -2.55. The Kier molecular flexibility index (Phi) is 4.02. The quantitative estimate of drug-likeness (QED) is 0.877. The van der Waals surface area contributed by atoms with E-state index in [1.54, 1.807) is 13.3 Å². The molecule has 5 atom stereocenters. The average Bonchev–Trinajstić information content (AvgIpc) is 2.66. The highest BCUT2D eigenvalue weighted by molar-refractivity contribution is 5.83. The smallest absolute Gasteiger partial charge is 0.119 e. The summed E-state index contributed by atoms with van der Waals surface area (Å²) in [5.41, 5.74) is 1.84. The molecule has 4 heteroatoms. The van der Waals surface area contributed by atoms with Crippen LogP contribution in [-0.2, 0) is 0 Å². The Labute approximate surface area is 142 Å².